The molecule has 0 bridgehead atoms. The molecule has 0 aliphatic rings. The highest BCUT2D eigenvalue weighted by Gasteiger charge is 2.08. The Kier molecular flexibility index (Phi) is 3.63. The quantitative estimate of drug-likeness (QED) is 0.820. The van der Waals surface area contributed by atoms with E-state index in [-0.39, 0.29) is 6.61 Å². The Morgan fingerprint density at radius 2 is 2.06 bits per heavy atom. The number of aliphatic carboxylic acids is 1. The van der Waals surface area contributed by atoms with Crippen LogP contribution < -0.4 is 4.74 Å². The molecule has 0 heterocycles. The topological polar surface area (TPSA) is 46.5 Å². The van der Waals surface area contributed by atoms with Crippen molar-refractivity contribution in [3.05, 3.63) is 54.6 Å². The predicted molar refractivity (Wildman–Crippen MR) is 71.0 cm³/mol. The summed E-state index contributed by atoms with van der Waals surface area (Å²) >= 11 is 0. The number of hydrogen-bond acceptors (Lipinski definition) is 2. The zero-order chi connectivity index (χ0) is 13.0. The molecule has 0 radical (unpaired) electrons. The van der Waals surface area contributed by atoms with E-state index in [1.807, 2.05) is 36.4 Å². The van der Waals surface area contributed by atoms with Crippen molar-refractivity contribution in [1.29, 1.82) is 0 Å². The fraction of sp³-hybridized carbons (Fsp3) is 0.133. The van der Waals surface area contributed by atoms with E-state index in [9.17, 15) is 4.79 Å². The van der Waals surface area contributed by atoms with Gasteiger partial charge in [-0.3, -0.25) is 0 Å². The fourth-order valence-electron chi connectivity index (χ4n) is 1.95. The van der Waals surface area contributed by atoms with E-state index >= 15 is 0 Å². The number of carboxylic acid groups (broad SMARTS) is 1. The molecular formula is C15H14O3. The highest BCUT2D eigenvalue weighted by Crippen LogP contribution is 2.28. The summed E-state index contributed by atoms with van der Waals surface area (Å²) in [6, 6.07) is 11.7. The van der Waals surface area contributed by atoms with E-state index in [0.717, 1.165) is 16.3 Å². The van der Waals surface area contributed by atoms with Gasteiger partial charge in [-0.05, 0) is 23.3 Å². The molecule has 0 aliphatic heterocycles. The summed E-state index contributed by atoms with van der Waals surface area (Å²) in [5, 5.41) is 10.8. The monoisotopic (exact) mass is 242 g/mol. The Morgan fingerprint density at radius 3 is 2.78 bits per heavy atom. The summed E-state index contributed by atoms with van der Waals surface area (Å²) < 4.78 is 5.31. The van der Waals surface area contributed by atoms with E-state index in [1.165, 1.54) is 0 Å². The maximum absolute atomic E-state index is 10.6. The first-order valence-electron chi connectivity index (χ1n) is 5.68. The molecule has 0 atom stereocenters. The molecule has 0 fully saturated rings. The van der Waals surface area contributed by atoms with Crippen molar-refractivity contribution in [1.82, 2.24) is 0 Å². The average Bonchev–Trinajstić information content (AvgIpc) is 2.38. The minimum atomic E-state index is -0.979. The number of ether oxygens (including phenoxy) is 1. The second kappa shape index (κ2) is 5.36. The average molecular weight is 242 g/mol. The number of benzene rings is 2. The lowest BCUT2D eigenvalue weighted by atomic mass is 10.0. The third kappa shape index (κ3) is 2.51. The minimum absolute atomic E-state index is 0.331. The number of rotatable bonds is 5. The summed E-state index contributed by atoms with van der Waals surface area (Å²) in [5.74, 6) is -0.372. The molecular weight excluding hydrogens is 228 g/mol. The summed E-state index contributed by atoms with van der Waals surface area (Å²) in [5.41, 5.74) is 0.976. The van der Waals surface area contributed by atoms with Crippen LogP contribution >= 0.6 is 0 Å². The predicted octanol–water partition coefficient (Wildman–Crippen LogP) is 3.03. The first-order chi connectivity index (χ1) is 8.72. The Balaban J connectivity index is 2.48. The van der Waals surface area contributed by atoms with E-state index in [0.29, 0.717) is 12.2 Å². The van der Waals surface area contributed by atoms with Crippen LogP contribution in [0.15, 0.2) is 49.1 Å². The van der Waals surface area contributed by atoms with Gasteiger partial charge in [0.05, 0.1) is 0 Å². The van der Waals surface area contributed by atoms with Crippen LogP contribution in [0.4, 0.5) is 0 Å². The zero-order valence-electron chi connectivity index (χ0n) is 9.93. The minimum Gasteiger partial charge on any atom is -0.482 e. The van der Waals surface area contributed by atoms with Gasteiger partial charge in [0.2, 0.25) is 0 Å². The fourth-order valence-corrected chi connectivity index (χ4v) is 1.95. The van der Waals surface area contributed by atoms with Crippen LogP contribution in [0.5, 0.6) is 5.75 Å². The second-order valence-corrected chi connectivity index (χ2v) is 3.94. The Morgan fingerprint density at radius 1 is 1.28 bits per heavy atom. The van der Waals surface area contributed by atoms with Crippen molar-refractivity contribution in [3.63, 3.8) is 0 Å². The van der Waals surface area contributed by atoms with Gasteiger partial charge in [0, 0.05) is 5.56 Å². The molecule has 0 saturated carbocycles. The van der Waals surface area contributed by atoms with Gasteiger partial charge in [-0.1, -0.05) is 36.4 Å². The Labute approximate surface area is 105 Å². The molecule has 2 rings (SSSR count). The molecule has 2 aromatic carbocycles. The van der Waals surface area contributed by atoms with Crippen LogP contribution in [0.3, 0.4) is 0 Å². The summed E-state index contributed by atoms with van der Waals surface area (Å²) in [6.07, 6.45) is 2.44. The normalized spacial score (nSPS) is 10.2. The van der Waals surface area contributed by atoms with Crippen LogP contribution in [-0.2, 0) is 11.2 Å². The summed E-state index contributed by atoms with van der Waals surface area (Å²) in [7, 11) is 0. The van der Waals surface area contributed by atoms with E-state index in [2.05, 4.69) is 6.58 Å². The van der Waals surface area contributed by atoms with Crippen LogP contribution in [-0.4, -0.2) is 17.7 Å². The number of carboxylic acids is 1. The molecule has 18 heavy (non-hydrogen) atoms. The molecule has 0 saturated heterocycles. The van der Waals surface area contributed by atoms with Crippen LogP contribution in [0.2, 0.25) is 0 Å². The van der Waals surface area contributed by atoms with Gasteiger partial charge in [0.1, 0.15) is 5.75 Å². The van der Waals surface area contributed by atoms with Crippen molar-refractivity contribution >= 4 is 16.7 Å². The van der Waals surface area contributed by atoms with E-state index in [1.54, 1.807) is 6.08 Å². The molecule has 0 aromatic heterocycles. The highest BCUT2D eigenvalue weighted by atomic mass is 16.5. The lowest BCUT2D eigenvalue weighted by Crippen LogP contribution is -2.10. The second-order valence-electron chi connectivity index (χ2n) is 3.94. The van der Waals surface area contributed by atoms with Crippen molar-refractivity contribution in [2.24, 2.45) is 0 Å². The molecule has 0 unspecified atom stereocenters. The van der Waals surface area contributed by atoms with Gasteiger partial charge < -0.3 is 9.84 Å². The number of allylic oxidation sites excluding steroid dienone is 1. The standard InChI is InChI=1S/C15H14O3/c1-2-5-13-12-7-4-3-6-11(12)8-9-14(13)18-10-15(16)17/h2-4,6-9H,1,5,10H2,(H,16,17). The molecule has 1 N–H and O–H groups in total. The van der Waals surface area contributed by atoms with Crippen molar-refractivity contribution in [2.45, 2.75) is 6.42 Å². The first kappa shape index (κ1) is 12.2. The van der Waals surface area contributed by atoms with Gasteiger partial charge in [0.25, 0.3) is 0 Å². The molecule has 0 amide bonds. The van der Waals surface area contributed by atoms with Crippen LogP contribution in [0.25, 0.3) is 10.8 Å². The SMILES string of the molecule is C=CCc1c(OCC(=O)O)ccc2ccccc12. The summed E-state index contributed by atoms with van der Waals surface area (Å²) in [4.78, 5) is 10.6. The van der Waals surface area contributed by atoms with E-state index < -0.39 is 5.97 Å². The highest BCUT2D eigenvalue weighted by molar-refractivity contribution is 5.88. The number of fused-ring (bicyclic) bond motifs is 1. The number of hydrogen-bond donors (Lipinski definition) is 1. The smallest absolute Gasteiger partial charge is 0.341 e. The van der Waals surface area contributed by atoms with Gasteiger partial charge >= 0.3 is 5.97 Å². The third-order valence-electron chi connectivity index (χ3n) is 2.70. The lowest BCUT2D eigenvalue weighted by molar-refractivity contribution is -0.139. The lowest BCUT2D eigenvalue weighted by Gasteiger charge is -2.11. The Bertz CT molecular complexity index is 587. The first-order valence-corrected chi connectivity index (χ1v) is 5.68. The molecule has 0 aliphatic carbocycles. The third-order valence-corrected chi connectivity index (χ3v) is 2.70. The van der Waals surface area contributed by atoms with Crippen molar-refractivity contribution in [3.8, 4) is 5.75 Å². The maximum atomic E-state index is 10.6. The van der Waals surface area contributed by atoms with Crippen molar-refractivity contribution < 1.29 is 14.6 Å². The Hall–Kier alpha value is -2.29. The van der Waals surface area contributed by atoms with Gasteiger partial charge in [-0.25, -0.2) is 4.79 Å². The zero-order valence-corrected chi connectivity index (χ0v) is 9.93. The van der Waals surface area contributed by atoms with Crippen LogP contribution in [0.1, 0.15) is 5.56 Å². The van der Waals surface area contributed by atoms with Crippen molar-refractivity contribution in [2.75, 3.05) is 6.61 Å². The maximum Gasteiger partial charge on any atom is 0.341 e. The molecule has 3 heteroatoms. The van der Waals surface area contributed by atoms with Gasteiger partial charge in [-0.15, -0.1) is 6.58 Å². The molecule has 3 nitrogen and oxygen atoms in total. The molecule has 0 spiro atoms. The molecule has 92 valence electrons. The summed E-state index contributed by atoms with van der Waals surface area (Å²) in [6.45, 7) is 3.40. The van der Waals surface area contributed by atoms with E-state index in [4.69, 9.17) is 9.84 Å². The number of carbonyl (C=O) groups is 1. The van der Waals surface area contributed by atoms with Crippen LogP contribution in [0, 0.1) is 0 Å². The van der Waals surface area contributed by atoms with Gasteiger partial charge in [0.15, 0.2) is 6.61 Å². The molecule has 2 aromatic rings. The van der Waals surface area contributed by atoms with Gasteiger partial charge in [-0.2, -0.15) is 0 Å². The largest absolute Gasteiger partial charge is 0.482 e.